The van der Waals surface area contributed by atoms with Crippen LogP contribution in [-0.4, -0.2) is 13.6 Å². The Hall–Kier alpha value is -0.980. The Labute approximate surface area is 100 Å². The van der Waals surface area contributed by atoms with Crippen molar-refractivity contribution in [3.8, 4) is 0 Å². The maximum absolute atomic E-state index is 3.06. The molecule has 1 aromatic rings. The smallest absolute Gasteiger partial charge is 0.0364 e. The molecule has 0 saturated carbocycles. The summed E-state index contributed by atoms with van der Waals surface area (Å²) in [5.74, 6) is 0.828. The highest BCUT2D eigenvalue weighted by Gasteiger charge is 2.09. The zero-order valence-electron chi connectivity index (χ0n) is 10.9. The normalized spacial score (nSPS) is 12.4. The Morgan fingerprint density at radius 1 is 1.25 bits per heavy atom. The lowest BCUT2D eigenvalue weighted by atomic mass is 9.99. The van der Waals surface area contributed by atoms with Crippen LogP contribution in [0.25, 0.3) is 0 Å². The Morgan fingerprint density at radius 2 is 1.94 bits per heavy atom. The van der Waals surface area contributed by atoms with Gasteiger partial charge in [-0.15, -0.1) is 0 Å². The van der Waals surface area contributed by atoms with Crippen molar-refractivity contribution in [3.63, 3.8) is 0 Å². The fourth-order valence-electron chi connectivity index (χ4n) is 2.04. The van der Waals surface area contributed by atoms with Crippen molar-refractivity contribution in [1.29, 1.82) is 0 Å². The first-order valence-electron chi connectivity index (χ1n) is 6.45. The fourth-order valence-corrected chi connectivity index (χ4v) is 2.04. The predicted octanol–water partition coefficient (Wildman–Crippen LogP) is 4.14. The first-order valence-corrected chi connectivity index (χ1v) is 6.45. The summed E-state index contributed by atoms with van der Waals surface area (Å²) in [4.78, 5) is 2.36. The summed E-state index contributed by atoms with van der Waals surface area (Å²) < 4.78 is 0. The first-order chi connectivity index (χ1) is 7.77. The zero-order chi connectivity index (χ0) is 11.8. The van der Waals surface area contributed by atoms with Crippen LogP contribution in [0.2, 0.25) is 0 Å². The number of hydrogen-bond acceptors (Lipinski definition) is 1. The van der Waals surface area contributed by atoms with Crippen molar-refractivity contribution in [2.24, 2.45) is 5.92 Å². The minimum Gasteiger partial charge on any atom is -0.374 e. The minimum absolute atomic E-state index is 0.828. The number of benzene rings is 1. The molecular weight excluding hydrogens is 194 g/mol. The largest absolute Gasteiger partial charge is 0.374 e. The molecule has 0 aliphatic heterocycles. The summed E-state index contributed by atoms with van der Waals surface area (Å²) in [5.41, 5.74) is 1.30. The van der Waals surface area contributed by atoms with Crippen LogP contribution in [0.3, 0.4) is 0 Å². The summed E-state index contributed by atoms with van der Waals surface area (Å²) in [6.45, 7) is 5.73. The van der Waals surface area contributed by atoms with Crippen molar-refractivity contribution in [1.82, 2.24) is 0 Å². The van der Waals surface area contributed by atoms with E-state index in [1.165, 1.54) is 37.9 Å². The van der Waals surface area contributed by atoms with Gasteiger partial charge in [0.05, 0.1) is 0 Å². The van der Waals surface area contributed by atoms with Gasteiger partial charge < -0.3 is 4.90 Å². The summed E-state index contributed by atoms with van der Waals surface area (Å²) in [5, 5.41) is 0. The predicted molar refractivity (Wildman–Crippen MR) is 71.9 cm³/mol. The maximum atomic E-state index is 3.06. The first kappa shape index (κ1) is 13.1. The molecule has 0 heterocycles. The average molecular weight is 218 g/mol. The van der Waals surface area contributed by atoms with Crippen LogP contribution in [0, 0.1) is 12.0 Å². The van der Waals surface area contributed by atoms with Crippen LogP contribution in [0.5, 0.6) is 0 Å². The molecule has 0 amide bonds. The molecule has 1 aromatic carbocycles. The lowest BCUT2D eigenvalue weighted by Crippen LogP contribution is -2.25. The second-order valence-corrected chi connectivity index (χ2v) is 4.56. The molecule has 0 saturated heterocycles. The molecule has 1 unspecified atom stereocenters. The van der Waals surface area contributed by atoms with Gasteiger partial charge in [-0.3, -0.25) is 0 Å². The van der Waals surface area contributed by atoms with Crippen molar-refractivity contribution < 1.29 is 0 Å². The van der Waals surface area contributed by atoms with Gasteiger partial charge in [0, 0.05) is 19.3 Å². The molecule has 1 radical (unpaired) electrons. The quantitative estimate of drug-likeness (QED) is 0.665. The Morgan fingerprint density at radius 3 is 2.50 bits per heavy atom. The van der Waals surface area contributed by atoms with Crippen LogP contribution >= 0.6 is 0 Å². The highest BCUT2D eigenvalue weighted by atomic mass is 15.1. The lowest BCUT2D eigenvalue weighted by molar-refractivity contribution is 0.454. The van der Waals surface area contributed by atoms with Gasteiger partial charge in [0.1, 0.15) is 0 Å². The van der Waals surface area contributed by atoms with Crippen molar-refractivity contribution in [3.05, 3.63) is 30.3 Å². The molecule has 0 aliphatic rings. The highest BCUT2D eigenvalue weighted by molar-refractivity contribution is 5.44. The van der Waals surface area contributed by atoms with E-state index in [0.717, 1.165) is 5.92 Å². The van der Waals surface area contributed by atoms with E-state index >= 15 is 0 Å². The molecule has 0 spiro atoms. The monoisotopic (exact) mass is 218 g/mol. The Kier molecular flexibility index (Phi) is 5.99. The number of rotatable bonds is 7. The molecule has 0 bridgehead atoms. The van der Waals surface area contributed by atoms with E-state index in [-0.39, 0.29) is 0 Å². The van der Waals surface area contributed by atoms with E-state index in [0.29, 0.717) is 0 Å². The molecule has 16 heavy (non-hydrogen) atoms. The van der Waals surface area contributed by atoms with E-state index in [1.54, 1.807) is 0 Å². The second-order valence-electron chi connectivity index (χ2n) is 4.56. The zero-order valence-corrected chi connectivity index (χ0v) is 10.9. The number of nitrogens with zero attached hydrogens (tertiary/aromatic N) is 1. The molecule has 0 fully saturated rings. The summed E-state index contributed by atoms with van der Waals surface area (Å²) >= 11 is 0. The minimum atomic E-state index is 0.828. The van der Waals surface area contributed by atoms with Crippen molar-refractivity contribution >= 4 is 5.69 Å². The fraction of sp³-hybridized carbons (Fsp3) is 0.600. The molecule has 1 rings (SSSR count). The molecule has 0 aliphatic carbocycles. The van der Waals surface area contributed by atoms with E-state index in [9.17, 15) is 0 Å². The standard InChI is InChI=1S/C15H24N/c1-4-6-10-14(5-2)13-16(3)15-11-8-7-9-12-15/h8-9,11-12,14H,4-6,10,13H2,1-3H3. The van der Waals surface area contributed by atoms with E-state index in [4.69, 9.17) is 0 Å². The average Bonchev–Trinajstić information content (AvgIpc) is 2.35. The third-order valence-electron chi connectivity index (χ3n) is 3.22. The summed E-state index contributed by atoms with van der Waals surface area (Å²) in [6.07, 6.45) is 5.30. The van der Waals surface area contributed by atoms with E-state index < -0.39 is 0 Å². The Bertz CT molecular complexity index is 268. The van der Waals surface area contributed by atoms with Crippen LogP contribution < -0.4 is 4.90 Å². The van der Waals surface area contributed by atoms with Crippen LogP contribution in [0.4, 0.5) is 5.69 Å². The van der Waals surface area contributed by atoms with Gasteiger partial charge in [0.2, 0.25) is 0 Å². The number of anilines is 1. The second kappa shape index (κ2) is 7.32. The van der Waals surface area contributed by atoms with Gasteiger partial charge in [-0.25, -0.2) is 0 Å². The molecule has 0 N–H and O–H groups in total. The lowest BCUT2D eigenvalue weighted by Gasteiger charge is -2.25. The van der Waals surface area contributed by atoms with E-state index in [2.05, 4.69) is 44.0 Å². The van der Waals surface area contributed by atoms with Gasteiger partial charge in [-0.05, 0) is 30.5 Å². The number of unbranched alkanes of at least 4 members (excludes halogenated alkanes) is 1. The van der Waals surface area contributed by atoms with Crippen LogP contribution in [0.15, 0.2) is 24.3 Å². The van der Waals surface area contributed by atoms with Crippen molar-refractivity contribution in [2.45, 2.75) is 39.5 Å². The maximum Gasteiger partial charge on any atom is 0.0364 e. The van der Waals surface area contributed by atoms with Crippen LogP contribution in [-0.2, 0) is 0 Å². The van der Waals surface area contributed by atoms with E-state index in [1.807, 2.05) is 12.1 Å². The van der Waals surface area contributed by atoms with Gasteiger partial charge in [0.25, 0.3) is 0 Å². The topological polar surface area (TPSA) is 3.24 Å². The van der Waals surface area contributed by atoms with Gasteiger partial charge >= 0.3 is 0 Å². The molecular formula is C15H24N. The SMILES string of the molecule is CCCCC(CC)CN(C)c1cc[c]cc1. The van der Waals surface area contributed by atoms with Crippen LogP contribution in [0.1, 0.15) is 39.5 Å². The molecule has 1 heteroatoms. The molecule has 1 atom stereocenters. The molecule has 1 nitrogen and oxygen atoms in total. The third kappa shape index (κ3) is 4.26. The summed E-state index contributed by atoms with van der Waals surface area (Å²) in [7, 11) is 2.18. The molecule has 89 valence electrons. The number of hydrogen-bond donors (Lipinski definition) is 0. The van der Waals surface area contributed by atoms with Gasteiger partial charge in [0.15, 0.2) is 0 Å². The van der Waals surface area contributed by atoms with Gasteiger partial charge in [-0.2, -0.15) is 0 Å². The highest BCUT2D eigenvalue weighted by Crippen LogP contribution is 2.18. The van der Waals surface area contributed by atoms with Crippen molar-refractivity contribution in [2.75, 3.05) is 18.5 Å². The Balaban J connectivity index is 2.45. The van der Waals surface area contributed by atoms with Gasteiger partial charge in [-0.1, -0.05) is 45.2 Å². The summed E-state index contributed by atoms with van der Waals surface area (Å²) in [6, 6.07) is 11.3. The third-order valence-corrected chi connectivity index (χ3v) is 3.22. The molecule has 0 aromatic heterocycles.